The number of fused-ring (bicyclic) bond motifs is 2. The van der Waals surface area contributed by atoms with Crippen LogP contribution in [0, 0.1) is 13.8 Å². The lowest BCUT2D eigenvalue weighted by atomic mass is 9.89. The van der Waals surface area contributed by atoms with Gasteiger partial charge in [-0.3, -0.25) is 9.80 Å². The quantitative estimate of drug-likeness (QED) is 0.143. The molecule has 8 heterocycles. The van der Waals surface area contributed by atoms with Crippen LogP contribution in [0.4, 0.5) is 26.3 Å². The van der Waals surface area contributed by atoms with Crippen molar-refractivity contribution in [3.05, 3.63) is 94.1 Å². The summed E-state index contributed by atoms with van der Waals surface area (Å²) in [6.07, 6.45) is -1.90. The number of aromatic nitrogens is 8. The summed E-state index contributed by atoms with van der Waals surface area (Å²) in [6, 6.07) is 9.81. The Morgan fingerprint density at radius 3 is 1.38 bits per heavy atom. The van der Waals surface area contributed by atoms with Crippen molar-refractivity contribution in [1.29, 1.82) is 0 Å². The van der Waals surface area contributed by atoms with Crippen molar-refractivity contribution in [2.45, 2.75) is 89.7 Å². The van der Waals surface area contributed by atoms with E-state index in [1.54, 1.807) is 12.1 Å². The number of imidazole rings is 2. The molecule has 2 saturated heterocycles. The first-order valence-corrected chi connectivity index (χ1v) is 19.9. The van der Waals surface area contributed by atoms with Gasteiger partial charge in [0, 0.05) is 49.7 Å². The van der Waals surface area contributed by atoms with Crippen LogP contribution in [-0.4, -0.2) is 90.1 Å². The highest BCUT2D eigenvalue weighted by atomic mass is 19.4. The number of aromatic amines is 2. The number of hydrogen-bond acceptors (Lipinski definition) is 10. The minimum Gasteiger partial charge on any atom is -0.481 e. The van der Waals surface area contributed by atoms with Gasteiger partial charge in [-0.05, 0) is 125 Å². The van der Waals surface area contributed by atoms with Crippen LogP contribution in [0.25, 0.3) is 22.3 Å². The van der Waals surface area contributed by atoms with E-state index in [1.165, 1.54) is 14.2 Å². The SMILES string of the molecule is COc1cc([C@H]2CCCN([C@@H](C)c3cnc4nc(C)[nH]c4c3)C2)cc(C(F)(F)F)n1.COc1cc([C@H]2CCCN([C@H](C)c3cnc4nc(C)[nH]c4c3)C2)cc(C(F)(F)F)n1. The number of nitrogens with one attached hydrogen (secondary N) is 2. The Kier molecular flexibility index (Phi) is 12.3. The largest absolute Gasteiger partial charge is 0.481 e. The van der Waals surface area contributed by atoms with Gasteiger partial charge in [0.2, 0.25) is 11.8 Å². The monoisotopic (exact) mass is 838 g/mol. The molecular formula is C42H48F6N10O2. The zero-order valence-corrected chi connectivity index (χ0v) is 34.2. The van der Waals surface area contributed by atoms with Crippen molar-refractivity contribution in [3.8, 4) is 11.8 Å². The molecule has 0 bridgehead atoms. The highest BCUT2D eigenvalue weighted by Gasteiger charge is 2.36. The predicted octanol–water partition coefficient (Wildman–Crippen LogP) is 9.26. The molecule has 6 aromatic heterocycles. The van der Waals surface area contributed by atoms with E-state index in [1.807, 2.05) is 38.4 Å². The molecule has 0 spiro atoms. The smallest absolute Gasteiger partial charge is 0.433 e. The lowest BCUT2D eigenvalue weighted by molar-refractivity contribution is -0.142. The van der Waals surface area contributed by atoms with Crippen molar-refractivity contribution in [3.63, 3.8) is 0 Å². The minimum atomic E-state index is -4.51. The van der Waals surface area contributed by atoms with Gasteiger partial charge in [0.1, 0.15) is 23.0 Å². The minimum absolute atomic E-state index is 0.00531. The van der Waals surface area contributed by atoms with Crippen LogP contribution in [0.2, 0.25) is 0 Å². The maximum absolute atomic E-state index is 13.3. The second-order valence-electron chi connectivity index (χ2n) is 15.6. The first-order valence-electron chi connectivity index (χ1n) is 19.9. The number of H-pyrrole nitrogens is 2. The summed E-state index contributed by atoms with van der Waals surface area (Å²) < 4.78 is 89.6. The Bertz CT molecular complexity index is 2270. The summed E-state index contributed by atoms with van der Waals surface area (Å²) in [4.78, 5) is 35.7. The zero-order valence-electron chi connectivity index (χ0n) is 34.2. The number of halogens is 6. The van der Waals surface area contributed by atoms with Crippen LogP contribution in [0.3, 0.4) is 0 Å². The van der Waals surface area contributed by atoms with Gasteiger partial charge in [0.05, 0.1) is 25.3 Å². The number of piperidine rings is 2. The molecule has 0 saturated carbocycles. The molecule has 2 aliphatic heterocycles. The Labute approximate surface area is 343 Å². The van der Waals surface area contributed by atoms with Crippen molar-refractivity contribution in [2.75, 3.05) is 40.4 Å². The highest BCUT2D eigenvalue weighted by Crippen LogP contribution is 2.38. The summed E-state index contributed by atoms with van der Waals surface area (Å²) in [5, 5.41) is 0. The highest BCUT2D eigenvalue weighted by molar-refractivity contribution is 5.71. The standard InChI is InChI=1S/2C21H24F3N5O/c2*1-12(16-7-17-20(25-10-16)27-13(2)26-17)29-6-4-5-14(11-29)15-8-18(21(22,23)24)28-19(9-15)30-3/h2*7-10,12,14H,4-6,11H2,1-3H3,(H,25,26,27)/t12-,14+;12-,14-/m10/s1. The van der Waals surface area contributed by atoms with E-state index in [-0.39, 0.29) is 35.7 Å². The van der Waals surface area contributed by atoms with Gasteiger partial charge in [-0.2, -0.15) is 26.3 Å². The van der Waals surface area contributed by atoms with Crippen molar-refractivity contribution in [2.24, 2.45) is 0 Å². The Hall–Kier alpha value is -5.36. The maximum Gasteiger partial charge on any atom is 0.433 e. The molecule has 2 aliphatic rings. The number of rotatable bonds is 8. The van der Waals surface area contributed by atoms with E-state index in [4.69, 9.17) is 9.47 Å². The third kappa shape index (κ3) is 9.65. The van der Waals surface area contributed by atoms with Gasteiger partial charge in [-0.15, -0.1) is 0 Å². The average Bonchev–Trinajstić information content (AvgIpc) is 3.81. The van der Waals surface area contributed by atoms with Crippen molar-refractivity contribution >= 4 is 22.3 Å². The molecule has 12 nitrogen and oxygen atoms in total. The molecule has 0 radical (unpaired) electrons. The summed E-state index contributed by atoms with van der Waals surface area (Å²) in [5.74, 6) is 1.57. The van der Waals surface area contributed by atoms with Crippen molar-refractivity contribution in [1.82, 2.24) is 49.7 Å². The first-order chi connectivity index (χ1) is 28.5. The molecule has 2 fully saturated rings. The topological polar surface area (TPSA) is 134 Å². The van der Waals surface area contributed by atoms with E-state index in [0.29, 0.717) is 35.5 Å². The Morgan fingerprint density at radius 2 is 1.02 bits per heavy atom. The second-order valence-corrected chi connectivity index (χ2v) is 15.6. The van der Waals surface area contributed by atoms with Crippen LogP contribution in [0.1, 0.15) is 109 Å². The number of aryl methyl sites for hydroxylation is 2. The van der Waals surface area contributed by atoms with Crippen LogP contribution in [-0.2, 0) is 12.4 Å². The molecule has 0 aromatic carbocycles. The molecule has 18 heteroatoms. The molecule has 60 heavy (non-hydrogen) atoms. The molecule has 6 aromatic rings. The number of alkyl halides is 6. The zero-order chi connectivity index (χ0) is 42.9. The molecule has 2 N–H and O–H groups in total. The summed E-state index contributed by atoms with van der Waals surface area (Å²) in [7, 11) is 2.67. The van der Waals surface area contributed by atoms with E-state index in [9.17, 15) is 26.3 Å². The fourth-order valence-corrected chi connectivity index (χ4v) is 8.23. The third-order valence-corrected chi connectivity index (χ3v) is 11.5. The molecule has 0 amide bonds. The Balaban J connectivity index is 0.000000181. The number of ether oxygens (including phenoxy) is 2. The first kappa shape index (κ1) is 42.8. The van der Waals surface area contributed by atoms with Crippen LogP contribution in [0.15, 0.2) is 48.8 Å². The van der Waals surface area contributed by atoms with Crippen LogP contribution < -0.4 is 9.47 Å². The molecule has 0 unspecified atom stereocenters. The van der Waals surface area contributed by atoms with Gasteiger partial charge in [-0.25, -0.2) is 29.9 Å². The summed E-state index contributed by atoms with van der Waals surface area (Å²) >= 11 is 0. The van der Waals surface area contributed by atoms with Gasteiger partial charge in [-0.1, -0.05) is 0 Å². The molecule has 0 aliphatic carbocycles. The van der Waals surface area contributed by atoms with Crippen molar-refractivity contribution < 1.29 is 35.8 Å². The summed E-state index contributed by atoms with van der Waals surface area (Å²) in [5.41, 5.74) is 4.65. The van der Waals surface area contributed by atoms with Gasteiger partial charge in [0.15, 0.2) is 11.3 Å². The number of hydrogen-bond donors (Lipinski definition) is 2. The number of pyridine rings is 4. The van der Waals surface area contributed by atoms with Gasteiger partial charge >= 0.3 is 12.4 Å². The number of nitrogens with zero attached hydrogens (tertiary/aromatic N) is 8. The normalized spacial score (nSPS) is 19.2. The van der Waals surface area contributed by atoms with E-state index < -0.39 is 23.7 Å². The van der Waals surface area contributed by atoms with Gasteiger partial charge in [0.25, 0.3) is 0 Å². The number of methoxy groups -OCH3 is 2. The lowest BCUT2D eigenvalue weighted by Gasteiger charge is -2.37. The molecule has 8 rings (SSSR count). The molecule has 320 valence electrons. The maximum atomic E-state index is 13.3. The molecule has 4 atom stereocenters. The second kappa shape index (κ2) is 17.3. The van der Waals surface area contributed by atoms with E-state index in [2.05, 4.69) is 63.5 Å². The van der Waals surface area contributed by atoms with Gasteiger partial charge < -0.3 is 19.4 Å². The molecular weight excluding hydrogens is 791 g/mol. The van der Waals surface area contributed by atoms with Crippen LogP contribution in [0.5, 0.6) is 11.8 Å². The van der Waals surface area contributed by atoms with E-state index >= 15 is 0 Å². The van der Waals surface area contributed by atoms with E-state index in [0.717, 1.165) is 84.7 Å². The Morgan fingerprint density at radius 1 is 0.617 bits per heavy atom. The third-order valence-electron chi connectivity index (χ3n) is 11.5. The lowest BCUT2D eigenvalue weighted by Crippen LogP contribution is -2.36. The average molecular weight is 839 g/mol. The number of likely N-dealkylation sites (tertiary alicyclic amines) is 2. The predicted molar refractivity (Wildman–Crippen MR) is 213 cm³/mol. The van der Waals surface area contributed by atoms with Crippen LogP contribution >= 0.6 is 0 Å². The summed E-state index contributed by atoms with van der Waals surface area (Å²) in [6.45, 7) is 11.1. The fraction of sp³-hybridized carbons (Fsp3) is 0.476. The fourth-order valence-electron chi connectivity index (χ4n) is 8.23.